The Bertz CT molecular complexity index is 529. The third kappa shape index (κ3) is 2.13. The van der Waals surface area contributed by atoms with Crippen molar-refractivity contribution in [1.82, 2.24) is 0 Å². The number of halogens is 1. The largest absolute Gasteiger partial charge is 0.144 e. The van der Waals surface area contributed by atoms with Gasteiger partial charge in [-0.3, -0.25) is 0 Å². The average Bonchev–Trinajstić information content (AvgIpc) is 2.90. The molecule has 2 aromatic rings. The number of fused-ring (bicyclic) bond motifs is 1. The van der Waals surface area contributed by atoms with Gasteiger partial charge < -0.3 is 0 Å². The Labute approximate surface area is 119 Å². The molecule has 0 fully saturated rings. The van der Waals surface area contributed by atoms with Gasteiger partial charge in [-0.2, -0.15) is 0 Å². The zero-order valence-electron chi connectivity index (χ0n) is 10.0. The average molecular weight is 327 g/mol. The van der Waals surface area contributed by atoms with Gasteiger partial charge >= 0.3 is 0 Å². The molecule has 2 heterocycles. The van der Waals surface area contributed by atoms with E-state index in [4.69, 9.17) is 0 Å². The van der Waals surface area contributed by atoms with Crippen molar-refractivity contribution in [2.24, 2.45) is 0 Å². The molecule has 3 rings (SSSR count). The minimum atomic E-state index is 0.400. The summed E-state index contributed by atoms with van der Waals surface area (Å²) in [5.41, 5.74) is 3.02. The Morgan fingerprint density at radius 1 is 1.18 bits per heavy atom. The Balaban J connectivity index is 1.95. The first-order chi connectivity index (χ1) is 8.15. The van der Waals surface area contributed by atoms with Crippen LogP contribution in [0, 0.1) is 13.8 Å². The van der Waals surface area contributed by atoms with Gasteiger partial charge in [0.25, 0.3) is 0 Å². The highest BCUT2D eigenvalue weighted by Gasteiger charge is 2.21. The van der Waals surface area contributed by atoms with Gasteiger partial charge in [0.2, 0.25) is 0 Å². The molecule has 0 aliphatic heterocycles. The van der Waals surface area contributed by atoms with E-state index in [-0.39, 0.29) is 0 Å². The van der Waals surface area contributed by atoms with E-state index >= 15 is 0 Å². The summed E-state index contributed by atoms with van der Waals surface area (Å²) in [5, 5.41) is 0. The van der Waals surface area contributed by atoms with Crippen molar-refractivity contribution in [3.8, 4) is 0 Å². The van der Waals surface area contributed by atoms with Crippen LogP contribution in [0.1, 0.15) is 41.9 Å². The summed E-state index contributed by atoms with van der Waals surface area (Å²) in [6, 6.07) is 4.70. The second-order valence-electron chi connectivity index (χ2n) is 4.72. The summed E-state index contributed by atoms with van der Waals surface area (Å²) >= 11 is 7.80. The molecule has 17 heavy (non-hydrogen) atoms. The van der Waals surface area contributed by atoms with E-state index in [1.54, 1.807) is 10.4 Å². The predicted molar refractivity (Wildman–Crippen MR) is 80.9 cm³/mol. The maximum absolute atomic E-state index is 3.88. The number of alkyl halides is 1. The van der Waals surface area contributed by atoms with Crippen LogP contribution < -0.4 is 0 Å². The third-order valence-electron chi connectivity index (χ3n) is 3.33. The van der Waals surface area contributed by atoms with Crippen LogP contribution in [-0.4, -0.2) is 0 Å². The predicted octanol–water partition coefficient (Wildman–Crippen LogP) is 5.40. The van der Waals surface area contributed by atoms with Crippen molar-refractivity contribution in [3.05, 3.63) is 42.8 Å². The maximum atomic E-state index is 3.88. The highest BCUT2D eigenvalue weighted by Crippen LogP contribution is 2.43. The smallest absolute Gasteiger partial charge is 0.0833 e. The second-order valence-corrected chi connectivity index (χ2v) is 8.09. The molecule has 0 bridgehead atoms. The van der Waals surface area contributed by atoms with Gasteiger partial charge in [0.1, 0.15) is 0 Å². The topological polar surface area (TPSA) is 0 Å². The van der Waals surface area contributed by atoms with Gasteiger partial charge in [0.15, 0.2) is 0 Å². The number of aryl methyl sites for hydroxylation is 4. The van der Waals surface area contributed by atoms with Gasteiger partial charge in [-0.15, -0.1) is 22.7 Å². The lowest BCUT2D eigenvalue weighted by Crippen LogP contribution is -1.88. The van der Waals surface area contributed by atoms with Crippen molar-refractivity contribution in [2.75, 3.05) is 0 Å². The van der Waals surface area contributed by atoms with Crippen LogP contribution in [0.2, 0.25) is 0 Å². The molecule has 1 unspecified atom stereocenters. The van der Waals surface area contributed by atoms with Crippen LogP contribution in [-0.2, 0) is 12.8 Å². The fourth-order valence-corrected chi connectivity index (χ4v) is 5.92. The lowest BCUT2D eigenvalue weighted by atomic mass is 10.2. The van der Waals surface area contributed by atoms with Gasteiger partial charge in [-0.25, -0.2) is 0 Å². The van der Waals surface area contributed by atoms with Crippen molar-refractivity contribution in [2.45, 2.75) is 37.9 Å². The highest BCUT2D eigenvalue weighted by atomic mass is 79.9. The molecule has 0 saturated carbocycles. The van der Waals surface area contributed by atoms with Crippen LogP contribution in [0.5, 0.6) is 0 Å². The molecule has 0 amide bonds. The normalized spacial score (nSPS) is 16.2. The molecular formula is C14H15BrS2. The van der Waals surface area contributed by atoms with Crippen LogP contribution >= 0.6 is 38.6 Å². The number of rotatable bonds is 2. The fraction of sp³-hybridized carbons (Fsp3) is 0.429. The molecule has 2 aromatic heterocycles. The van der Waals surface area contributed by atoms with Crippen molar-refractivity contribution < 1.29 is 0 Å². The molecule has 90 valence electrons. The van der Waals surface area contributed by atoms with Crippen LogP contribution in [0.15, 0.2) is 12.1 Å². The first-order valence-electron chi connectivity index (χ1n) is 5.97. The summed E-state index contributed by atoms with van der Waals surface area (Å²) in [7, 11) is 0. The lowest BCUT2D eigenvalue weighted by Gasteiger charge is -2.06. The van der Waals surface area contributed by atoms with E-state index in [0.717, 1.165) is 0 Å². The quantitative estimate of drug-likeness (QED) is 0.648. The first-order valence-corrected chi connectivity index (χ1v) is 8.52. The van der Waals surface area contributed by atoms with Crippen molar-refractivity contribution in [3.63, 3.8) is 0 Å². The summed E-state index contributed by atoms with van der Waals surface area (Å²) < 4.78 is 0. The molecule has 1 aliphatic rings. The summed E-state index contributed by atoms with van der Waals surface area (Å²) in [6.45, 7) is 4.41. The zero-order valence-corrected chi connectivity index (χ0v) is 13.3. The highest BCUT2D eigenvalue weighted by molar-refractivity contribution is 9.09. The molecule has 0 aromatic carbocycles. The molecule has 0 spiro atoms. The second kappa shape index (κ2) is 4.52. The van der Waals surface area contributed by atoms with Crippen LogP contribution in [0.3, 0.4) is 0 Å². The monoisotopic (exact) mass is 326 g/mol. The van der Waals surface area contributed by atoms with E-state index < -0.39 is 0 Å². The Morgan fingerprint density at radius 2 is 2.00 bits per heavy atom. The standard InChI is InChI=1S/C14H15BrS2/c1-8-6-9(2)16-14(8)13(15)12-7-10-4-3-5-11(10)17-12/h6-7,13H,3-5H2,1-2H3. The molecule has 0 nitrogen and oxygen atoms in total. The molecule has 0 N–H and O–H groups in total. The minimum Gasteiger partial charge on any atom is -0.144 e. The number of thiophene rings is 2. The SMILES string of the molecule is Cc1cc(C)c(C(Br)c2cc3c(s2)CCC3)s1. The fourth-order valence-electron chi connectivity index (χ4n) is 2.52. The van der Waals surface area contributed by atoms with Crippen LogP contribution in [0.25, 0.3) is 0 Å². The molecule has 1 aliphatic carbocycles. The van der Waals surface area contributed by atoms with Gasteiger partial charge in [0.05, 0.1) is 4.83 Å². The van der Waals surface area contributed by atoms with E-state index in [9.17, 15) is 0 Å². The molecule has 0 saturated heterocycles. The molecular weight excluding hydrogens is 312 g/mol. The van der Waals surface area contributed by atoms with E-state index in [0.29, 0.717) is 4.83 Å². The maximum Gasteiger partial charge on any atom is 0.0833 e. The van der Waals surface area contributed by atoms with E-state index in [2.05, 4.69) is 41.9 Å². The van der Waals surface area contributed by atoms with Gasteiger partial charge in [-0.05, 0) is 56.4 Å². The first kappa shape index (κ1) is 11.9. The summed E-state index contributed by atoms with van der Waals surface area (Å²) in [5.74, 6) is 0. The van der Waals surface area contributed by atoms with Crippen molar-refractivity contribution >= 4 is 38.6 Å². The van der Waals surface area contributed by atoms with Crippen molar-refractivity contribution in [1.29, 1.82) is 0 Å². The Kier molecular flexibility index (Phi) is 3.18. The molecule has 3 heteroatoms. The Hall–Kier alpha value is -0.120. The molecule has 1 atom stereocenters. The number of hydrogen-bond acceptors (Lipinski definition) is 2. The van der Waals surface area contributed by atoms with Gasteiger partial charge in [0, 0.05) is 19.5 Å². The molecule has 0 radical (unpaired) electrons. The summed E-state index contributed by atoms with van der Waals surface area (Å²) in [4.78, 5) is 6.39. The lowest BCUT2D eigenvalue weighted by molar-refractivity contribution is 0.913. The van der Waals surface area contributed by atoms with Gasteiger partial charge in [-0.1, -0.05) is 15.9 Å². The van der Waals surface area contributed by atoms with E-state index in [1.807, 2.05) is 22.7 Å². The minimum absolute atomic E-state index is 0.400. The van der Waals surface area contributed by atoms with Crippen LogP contribution in [0.4, 0.5) is 0 Å². The third-order valence-corrected chi connectivity index (χ3v) is 7.40. The zero-order chi connectivity index (χ0) is 12.0. The number of hydrogen-bond donors (Lipinski definition) is 0. The summed E-state index contributed by atoms with van der Waals surface area (Å²) in [6.07, 6.45) is 3.93. The Morgan fingerprint density at radius 3 is 2.65 bits per heavy atom. The van der Waals surface area contributed by atoms with E-state index in [1.165, 1.54) is 39.5 Å².